The van der Waals surface area contributed by atoms with Gasteiger partial charge in [0.1, 0.15) is 0 Å². The second-order valence-corrected chi connectivity index (χ2v) is 5.81. The Morgan fingerprint density at radius 1 is 1.42 bits per heavy atom. The smallest absolute Gasteiger partial charge is 0.221 e. The highest BCUT2D eigenvalue weighted by Gasteiger charge is 2.34. The van der Waals surface area contributed by atoms with Crippen molar-refractivity contribution in [3.05, 3.63) is 0 Å². The zero-order chi connectivity index (χ0) is 13.6. The van der Waals surface area contributed by atoms with E-state index in [0.29, 0.717) is 26.2 Å². The van der Waals surface area contributed by atoms with Gasteiger partial charge in [0.05, 0.1) is 12.7 Å². The van der Waals surface area contributed by atoms with Crippen LogP contribution in [0.3, 0.4) is 0 Å². The molecule has 1 atom stereocenters. The van der Waals surface area contributed by atoms with E-state index < -0.39 is 0 Å². The van der Waals surface area contributed by atoms with Crippen LogP contribution in [0.1, 0.15) is 44.9 Å². The van der Waals surface area contributed by atoms with Crippen molar-refractivity contribution in [3.8, 4) is 0 Å². The van der Waals surface area contributed by atoms with Crippen LogP contribution in [0.25, 0.3) is 0 Å². The van der Waals surface area contributed by atoms with E-state index in [4.69, 9.17) is 15.2 Å². The maximum atomic E-state index is 11.6. The molecule has 1 heterocycles. The SMILES string of the molecule is NC1(CC(=O)NCCCOCC2CCCO2)CCC1. The maximum Gasteiger partial charge on any atom is 0.221 e. The molecule has 110 valence electrons. The molecule has 0 aromatic heterocycles. The predicted octanol–water partition coefficient (Wildman–Crippen LogP) is 0.960. The predicted molar refractivity (Wildman–Crippen MR) is 72.8 cm³/mol. The minimum absolute atomic E-state index is 0.0707. The van der Waals surface area contributed by atoms with E-state index in [9.17, 15) is 4.79 Å². The molecule has 1 aliphatic carbocycles. The van der Waals surface area contributed by atoms with Crippen LogP contribution >= 0.6 is 0 Å². The number of carbonyl (C=O) groups excluding carboxylic acids is 1. The third-order valence-corrected chi connectivity index (χ3v) is 3.98. The molecule has 0 bridgehead atoms. The van der Waals surface area contributed by atoms with Gasteiger partial charge in [-0.1, -0.05) is 0 Å². The second kappa shape index (κ2) is 7.22. The molecule has 0 aromatic rings. The van der Waals surface area contributed by atoms with E-state index in [-0.39, 0.29) is 17.6 Å². The van der Waals surface area contributed by atoms with Gasteiger partial charge < -0.3 is 20.5 Å². The summed E-state index contributed by atoms with van der Waals surface area (Å²) in [5, 5.41) is 2.91. The number of rotatable bonds is 8. The Hall–Kier alpha value is -0.650. The van der Waals surface area contributed by atoms with Crippen LogP contribution in [0, 0.1) is 0 Å². The molecule has 0 radical (unpaired) electrons. The molecule has 1 amide bonds. The van der Waals surface area contributed by atoms with Gasteiger partial charge in [-0.3, -0.25) is 4.79 Å². The van der Waals surface area contributed by atoms with E-state index in [1.807, 2.05) is 0 Å². The fraction of sp³-hybridized carbons (Fsp3) is 0.929. The van der Waals surface area contributed by atoms with Crippen LogP contribution in [0.4, 0.5) is 0 Å². The number of ether oxygens (including phenoxy) is 2. The summed E-state index contributed by atoms with van der Waals surface area (Å²) in [6.07, 6.45) is 6.95. The summed E-state index contributed by atoms with van der Waals surface area (Å²) in [7, 11) is 0. The first kappa shape index (κ1) is 14.8. The Morgan fingerprint density at radius 3 is 2.89 bits per heavy atom. The lowest BCUT2D eigenvalue weighted by Crippen LogP contribution is -2.50. The molecule has 2 rings (SSSR count). The highest BCUT2D eigenvalue weighted by Crippen LogP contribution is 2.31. The second-order valence-electron chi connectivity index (χ2n) is 5.81. The Kier molecular flexibility index (Phi) is 5.60. The summed E-state index contributed by atoms with van der Waals surface area (Å²) in [5.41, 5.74) is 5.80. The maximum absolute atomic E-state index is 11.6. The quantitative estimate of drug-likeness (QED) is 0.644. The Labute approximate surface area is 115 Å². The standard InChI is InChI=1S/C14H26N2O3/c15-14(5-2-6-14)10-13(17)16-7-3-8-18-11-12-4-1-9-19-12/h12H,1-11,15H2,(H,16,17). The molecule has 1 saturated carbocycles. The molecule has 2 aliphatic rings. The van der Waals surface area contributed by atoms with E-state index in [1.54, 1.807) is 0 Å². The molecule has 3 N–H and O–H groups in total. The number of hydrogen-bond donors (Lipinski definition) is 2. The molecule has 0 spiro atoms. The van der Waals surface area contributed by atoms with Gasteiger partial charge in [-0.25, -0.2) is 0 Å². The number of hydrogen-bond acceptors (Lipinski definition) is 4. The Morgan fingerprint density at radius 2 is 2.26 bits per heavy atom. The van der Waals surface area contributed by atoms with Crippen molar-refractivity contribution >= 4 is 5.91 Å². The van der Waals surface area contributed by atoms with Crippen LogP contribution < -0.4 is 11.1 Å². The zero-order valence-corrected chi connectivity index (χ0v) is 11.7. The summed E-state index contributed by atoms with van der Waals surface area (Å²) in [6.45, 7) is 2.89. The van der Waals surface area contributed by atoms with Gasteiger partial charge in [-0.15, -0.1) is 0 Å². The van der Waals surface area contributed by atoms with Crippen LogP contribution in [0.2, 0.25) is 0 Å². The van der Waals surface area contributed by atoms with Crippen molar-refractivity contribution < 1.29 is 14.3 Å². The van der Waals surface area contributed by atoms with Crippen LogP contribution in [0.5, 0.6) is 0 Å². The van der Waals surface area contributed by atoms with Crippen LogP contribution in [-0.2, 0) is 14.3 Å². The summed E-state index contributed by atoms with van der Waals surface area (Å²) in [5.74, 6) is 0.0707. The van der Waals surface area contributed by atoms with Crippen molar-refractivity contribution in [2.45, 2.75) is 56.6 Å². The Balaban J connectivity index is 1.42. The molecule has 1 aliphatic heterocycles. The molecular weight excluding hydrogens is 244 g/mol. The lowest BCUT2D eigenvalue weighted by molar-refractivity contribution is -0.123. The van der Waals surface area contributed by atoms with E-state index >= 15 is 0 Å². The molecule has 19 heavy (non-hydrogen) atoms. The number of amides is 1. The first-order valence-corrected chi connectivity index (χ1v) is 7.43. The largest absolute Gasteiger partial charge is 0.379 e. The van der Waals surface area contributed by atoms with Gasteiger partial charge in [0.15, 0.2) is 0 Å². The number of carbonyl (C=O) groups is 1. The minimum Gasteiger partial charge on any atom is -0.379 e. The average molecular weight is 270 g/mol. The number of nitrogens with two attached hydrogens (primary N) is 1. The fourth-order valence-electron chi connectivity index (χ4n) is 2.58. The van der Waals surface area contributed by atoms with E-state index in [1.165, 1.54) is 0 Å². The molecule has 1 unspecified atom stereocenters. The van der Waals surface area contributed by atoms with Crippen molar-refractivity contribution in [1.82, 2.24) is 5.32 Å². The lowest BCUT2D eigenvalue weighted by atomic mass is 9.75. The van der Waals surface area contributed by atoms with Crippen LogP contribution in [-0.4, -0.2) is 43.9 Å². The van der Waals surface area contributed by atoms with Gasteiger partial charge in [-0.05, 0) is 38.5 Å². The summed E-state index contributed by atoms with van der Waals surface area (Å²) >= 11 is 0. The van der Waals surface area contributed by atoms with Gasteiger partial charge in [0.2, 0.25) is 5.91 Å². The molecule has 5 heteroatoms. The third-order valence-electron chi connectivity index (χ3n) is 3.98. The summed E-state index contributed by atoms with van der Waals surface area (Å²) in [6, 6.07) is 0. The van der Waals surface area contributed by atoms with Gasteiger partial charge >= 0.3 is 0 Å². The van der Waals surface area contributed by atoms with E-state index in [2.05, 4.69) is 5.32 Å². The highest BCUT2D eigenvalue weighted by molar-refractivity contribution is 5.77. The monoisotopic (exact) mass is 270 g/mol. The molecular formula is C14H26N2O3. The van der Waals surface area contributed by atoms with Gasteiger partial charge in [-0.2, -0.15) is 0 Å². The van der Waals surface area contributed by atoms with Crippen molar-refractivity contribution in [2.75, 3.05) is 26.4 Å². The average Bonchev–Trinajstić information content (AvgIpc) is 2.84. The first-order chi connectivity index (χ1) is 9.18. The van der Waals surface area contributed by atoms with Crippen molar-refractivity contribution in [2.24, 2.45) is 5.73 Å². The third kappa shape index (κ3) is 5.09. The summed E-state index contributed by atoms with van der Waals surface area (Å²) < 4.78 is 11.0. The number of nitrogens with one attached hydrogen (secondary N) is 1. The zero-order valence-electron chi connectivity index (χ0n) is 11.7. The fourth-order valence-corrected chi connectivity index (χ4v) is 2.58. The van der Waals surface area contributed by atoms with E-state index in [0.717, 1.165) is 45.1 Å². The normalized spacial score (nSPS) is 25.0. The molecule has 5 nitrogen and oxygen atoms in total. The molecule has 1 saturated heterocycles. The van der Waals surface area contributed by atoms with Gasteiger partial charge in [0, 0.05) is 31.7 Å². The minimum atomic E-state index is -0.222. The Bertz CT molecular complexity index is 286. The summed E-state index contributed by atoms with van der Waals surface area (Å²) in [4.78, 5) is 11.6. The van der Waals surface area contributed by atoms with Crippen LogP contribution in [0.15, 0.2) is 0 Å². The van der Waals surface area contributed by atoms with Gasteiger partial charge in [0.25, 0.3) is 0 Å². The first-order valence-electron chi connectivity index (χ1n) is 7.43. The topological polar surface area (TPSA) is 73.6 Å². The highest BCUT2D eigenvalue weighted by atomic mass is 16.5. The molecule has 0 aromatic carbocycles. The lowest BCUT2D eigenvalue weighted by Gasteiger charge is -2.37. The van der Waals surface area contributed by atoms with Crippen molar-refractivity contribution in [1.29, 1.82) is 0 Å². The van der Waals surface area contributed by atoms with Crippen molar-refractivity contribution in [3.63, 3.8) is 0 Å². The molecule has 2 fully saturated rings.